The minimum absolute atomic E-state index is 0.0295. The Morgan fingerprint density at radius 1 is 0.906 bits per heavy atom. The fourth-order valence-corrected chi connectivity index (χ4v) is 5.50. The van der Waals surface area contributed by atoms with Gasteiger partial charge < -0.3 is 4.90 Å². The van der Waals surface area contributed by atoms with E-state index in [-0.39, 0.29) is 23.9 Å². The smallest absolute Gasteiger partial charge is 0.243 e. The van der Waals surface area contributed by atoms with Crippen LogP contribution in [0, 0.1) is 0 Å². The van der Waals surface area contributed by atoms with E-state index in [1.54, 1.807) is 29.2 Å². The molecule has 1 aliphatic heterocycles. The van der Waals surface area contributed by atoms with Crippen LogP contribution in [-0.4, -0.2) is 36.6 Å². The molecule has 5 nitrogen and oxygen atoms in total. The van der Waals surface area contributed by atoms with Gasteiger partial charge in [0.05, 0.1) is 11.4 Å². The van der Waals surface area contributed by atoms with E-state index in [2.05, 4.69) is 6.07 Å². The fraction of sp³-hybridized carbons (Fsp3) is 0.208. The Kier molecular flexibility index (Phi) is 6.86. The summed E-state index contributed by atoms with van der Waals surface area (Å²) in [6.07, 6.45) is 0.750. The standard InChI is InChI=1S/C24H22Cl2N2O3S/c25-21-8-10-23(11-9-21)32(30,31)28(15-18-4-3-7-22(26)14-18)17-24(29)27-13-12-19-5-1-2-6-20(19)16-27/h1-11,14H,12-13,15-17H2. The van der Waals surface area contributed by atoms with Crippen molar-refractivity contribution in [3.63, 3.8) is 0 Å². The summed E-state index contributed by atoms with van der Waals surface area (Å²) >= 11 is 12.0. The number of fused-ring (bicyclic) bond motifs is 1. The van der Waals surface area contributed by atoms with Crippen LogP contribution in [0.15, 0.2) is 77.7 Å². The summed E-state index contributed by atoms with van der Waals surface area (Å²) < 4.78 is 28.1. The van der Waals surface area contributed by atoms with Gasteiger partial charge in [-0.15, -0.1) is 0 Å². The van der Waals surface area contributed by atoms with Crippen LogP contribution in [0.2, 0.25) is 10.0 Å². The van der Waals surface area contributed by atoms with Crippen molar-refractivity contribution in [3.05, 3.63) is 99.5 Å². The van der Waals surface area contributed by atoms with Gasteiger partial charge in [-0.1, -0.05) is 59.6 Å². The molecule has 0 bridgehead atoms. The highest BCUT2D eigenvalue weighted by molar-refractivity contribution is 7.89. The van der Waals surface area contributed by atoms with Crippen molar-refractivity contribution >= 4 is 39.1 Å². The average molecular weight is 489 g/mol. The largest absolute Gasteiger partial charge is 0.337 e. The molecule has 1 amide bonds. The predicted octanol–water partition coefficient (Wildman–Crippen LogP) is 4.77. The summed E-state index contributed by atoms with van der Waals surface area (Å²) in [5.74, 6) is -0.237. The first-order valence-electron chi connectivity index (χ1n) is 10.2. The monoisotopic (exact) mass is 488 g/mol. The Bertz CT molecular complexity index is 1230. The lowest BCUT2D eigenvalue weighted by Gasteiger charge is -2.31. The van der Waals surface area contributed by atoms with Gasteiger partial charge in [0.1, 0.15) is 0 Å². The van der Waals surface area contributed by atoms with Crippen LogP contribution < -0.4 is 0 Å². The maximum atomic E-state index is 13.4. The van der Waals surface area contributed by atoms with E-state index in [0.717, 1.165) is 12.0 Å². The van der Waals surface area contributed by atoms with Crippen LogP contribution in [0.25, 0.3) is 0 Å². The van der Waals surface area contributed by atoms with Gasteiger partial charge in [0, 0.05) is 29.7 Å². The number of carbonyl (C=O) groups is 1. The molecule has 0 saturated heterocycles. The highest BCUT2D eigenvalue weighted by Gasteiger charge is 2.30. The molecule has 0 unspecified atom stereocenters. The lowest BCUT2D eigenvalue weighted by atomic mass is 10.00. The first-order chi connectivity index (χ1) is 15.3. The number of hydrogen-bond acceptors (Lipinski definition) is 3. The van der Waals surface area contributed by atoms with E-state index in [1.165, 1.54) is 34.1 Å². The van der Waals surface area contributed by atoms with Crippen LogP contribution in [0.3, 0.4) is 0 Å². The van der Waals surface area contributed by atoms with Gasteiger partial charge in [-0.05, 0) is 59.5 Å². The van der Waals surface area contributed by atoms with Crippen molar-refractivity contribution in [2.24, 2.45) is 0 Å². The number of hydrogen-bond donors (Lipinski definition) is 0. The number of carbonyl (C=O) groups excluding carboxylic acids is 1. The predicted molar refractivity (Wildman–Crippen MR) is 126 cm³/mol. The van der Waals surface area contributed by atoms with E-state index in [0.29, 0.717) is 28.7 Å². The van der Waals surface area contributed by atoms with Gasteiger partial charge in [0.2, 0.25) is 15.9 Å². The molecule has 0 spiro atoms. The van der Waals surface area contributed by atoms with Gasteiger partial charge >= 0.3 is 0 Å². The molecule has 3 aromatic carbocycles. The molecule has 0 aromatic heterocycles. The summed E-state index contributed by atoms with van der Waals surface area (Å²) in [6, 6.07) is 20.9. The molecule has 1 aliphatic rings. The van der Waals surface area contributed by atoms with Crippen LogP contribution in [0.5, 0.6) is 0 Å². The molecular formula is C24H22Cl2N2O3S. The van der Waals surface area contributed by atoms with Gasteiger partial charge in [-0.3, -0.25) is 4.79 Å². The molecular weight excluding hydrogens is 467 g/mol. The summed E-state index contributed by atoms with van der Waals surface area (Å²) in [5, 5.41) is 0.943. The second-order valence-corrected chi connectivity index (χ2v) is 10.5. The zero-order valence-corrected chi connectivity index (χ0v) is 19.6. The Labute approximate surface area is 198 Å². The third-order valence-corrected chi connectivity index (χ3v) is 7.79. The van der Waals surface area contributed by atoms with Crippen LogP contribution in [0.4, 0.5) is 0 Å². The van der Waals surface area contributed by atoms with Crippen molar-refractivity contribution in [1.82, 2.24) is 9.21 Å². The number of amides is 1. The Morgan fingerprint density at radius 3 is 2.34 bits per heavy atom. The molecule has 8 heteroatoms. The van der Waals surface area contributed by atoms with Crippen LogP contribution in [0.1, 0.15) is 16.7 Å². The van der Waals surface area contributed by atoms with E-state index < -0.39 is 10.0 Å². The zero-order valence-electron chi connectivity index (χ0n) is 17.2. The van der Waals surface area contributed by atoms with Crippen molar-refractivity contribution in [2.45, 2.75) is 24.4 Å². The van der Waals surface area contributed by atoms with Crippen LogP contribution >= 0.6 is 23.2 Å². The molecule has 0 fully saturated rings. The normalized spacial score (nSPS) is 13.8. The quantitative estimate of drug-likeness (QED) is 0.502. The van der Waals surface area contributed by atoms with Crippen molar-refractivity contribution in [3.8, 4) is 0 Å². The Balaban J connectivity index is 1.60. The van der Waals surface area contributed by atoms with Crippen molar-refractivity contribution < 1.29 is 13.2 Å². The first-order valence-corrected chi connectivity index (χ1v) is 12.4. The fourth-order valence-electron chi connectivity index (χ4n) is 3.78. The maximum Gasteiger partial charge on any atom is 0.243 e. The number of halogens is 2. The summed E-state index contributed by atoms with van der Waals surface area (Å²) in [6.45, 7) is 0.796. The molecule has 4 rings (SSSR count). The minimum atomic E-state index is -3.94. The molecule has 0 atom stereocenters. The van der Waals surface area contributed by atoms with Crippen LogP contribution in [-0.2, 0) is 34.3 Å². The maximum absolute atomic E-state index is 13.4. The lowest BCUT2D eigenvalue weighted by Crippen LogP contribution is -2.44. The molecule has 3 aromatic rings. The second kappa shape index (κ2) is 9.63. The molecule has 0 N–H and O–H groups in total. The summed E-state index contributed by atoms with van der Waals surface area (Å²) in [4.78, 5) is 15.0. The summed E-state index contributed by atoms with van der Waals surface area (Å²) in [7, 11) is -3.94. The third kappa shape index (κ3) is 5.15. The van der Waals surface area contributed by atoms with E-state index >= 15 is 0 Å². The molecule has 0 radical (unpaired) electrons. The molecule has 0 saturated carbocycles. The SMILES string of the molecule is O=C(CN(Cc1cccc(Cl)c1)S(=O)(=O)c1ccc(Cl)cc1)N1CCc2ccccc2C1. The molecule has 32 heavy (non-hydrogen) atoms. The number of nitrogens with zero attached hydrogens (tertiary/aromatic N) is 2. The minimum Gasteiger partial charge on any atom is -0.337 e. The molecule has 1 heterocycles. The second-order valence-electron chi connectivity index (χ2n) is 7.69. The van der Waals surface area contributed by atoms with Gasteiger partial charge in [0.15, 0.2) is 0 Å². The summed E-state index contributed by atoms with van der Waals surface area (Å²) in [5.41, 5.74) is 3.02. The lowest BCUT2D eigenvalue weighted by molar-refractivity contribution is -0.132. The van der Waals surface area contributed by atoms with E-state index in [1.807, 2.05) is 18.2 Å². The number of benzene rings is 3. The average Bonchev–Trinajstić information content (AvgIpc) is 2.78. The van der Waals surface area contributed by atoms with Crippen molar-refractivity contribution in [1.29, 1.82) is 0 Å². The zero-order chi connectivity index (χ0) is 22.7. The van der Waals surface area contributed by atoms with Crippen molar-refractivity contribution in [2.75, 3.05) is 13.1 Å². The Hall–Kier alpha value is -2.38. The van der Waals surface area contributed by atoms with Gasteiger partial charge in [-0.2, -0.15) is 4.31 Å². The van der Waals surface area contributed by atoms with E-state index in [9.17, 15) is 13.2 Å². The highest BCUT2D eigenvalue weighted by atomic mass is 35.5. The third-order valence-electron chi connectivity index (χ3n) is 5.49. The highest BCUT2D eigenvalue weighted by Crippen LogP contribution is 2.23. The first kappa shape index (κ1) is 22.8. The topological polar surface area (TPSA) is 57.7 Å². The molecule has 0 aliphatic carbocycles. The molecule has 166 valence electrons. The number of sulfonamides is 1. The number of rotatable bonds is 6. The van der Waals surface area contributed by atoms with E-state index in [4.69, 9.17) is 23.2 Å². The Morgan fingerprint density at radius 2 is 1.62 bits per heavy atom. The van der Waals surface area contributed by atoms with Gasteiger partial charge in [0.25, 0.3) is 0 Å². The van der Waals surface area contributed by atoms with Gasteiger partial charge in [-0.25, -0.2) is 8.42 Å².